The molecule has 1 heterocycles. The normalized spacial score (nSPS) is 14.3. The minimum absolute atomic E-state index is 0.259. The Hall–Kier alpha value is -2.87. The summed E-state index contributed by atoms with van der Waals surface area (Å²) in [5, 5.41) is 0. The van der Waals surface area contributed by atoms with Crippen LogP contribution in [0.15, 0.2) is 65.6 Å². The molecule has 4 rings (SSSR count). The number of hydrogen-bond donors (Lipinski definition) is 0. The Kier molecular flexibility index (Phi) is 8.90. The molecule has 3 aromatic carbocycles. The van der Waals surface area contributed by atoms with E-state index < -0.39 is 10.0 Å². The third-order valence-corrected chi connectivity index (χ3v) is 9.04. The summed E-state index contributed by atoms with van der Waals surface area (Å²) in [6.45, 7) is 9.62. The van der Waals surface area contributed by atoms with Gasteiger partial charge >= 0.3 is 0 Å². The fraction of sp³-hybridized carbons (Fsp3) is 0.400. The van der Waals surface area contributed by atoms with Gasteiger partial charge < -0.3 is 14.4 Å². The van der Waals surface area contributed by atoms with Crippen LogP contribution in [0.25, 0.3) is 0 Å². The summed E-state index contributed by atoms with van der Waals surface area (Å²) in [7, 11) is -2.11. The molecule has 0 radical (unpaired) electrons. The van der Waals surface area contributed by atoms with E-state index in [0.29, 0.717) is 29.5 Å². The first-order chi connectivity index (χ1) is 17.8. The fourth-order valence-corrected chi connectivity index (χ4v) is 6.95. The Bertz CT molecular complexity index is 1280. The van der Waals surface area contributed by atoms with Crippen molar-refractivity contribution in [1.29, 1.82) is 0 Å². The molecule has 0 amide bonds. The topological polar surface area (TPSA) is 59.1 Å². The molecule has 0 atom stereocenters. The summed E-state index contributed by atoms with van der Waals surface area (Å²) in [5.74, 6) is 1.22. The van der Waals surface area contributed by atoms with Crippen LogP contribution < -0.4 is 9.47 Å². The van der Waals surface area contributed by atoms with E-state index in [4.69, 9.17) is 9.47 Å². The van der Waals surface area contributed by atoms with Gasteiger partial charge in [0.15, 0.2) is 11.5 Å². The molecule has 37 heavy (non-hydrogen) atoms. The Morgan fingerprint density at radius 1 is 0.865 bits per heavy atom. The van der Waals surface area contributed by atoms with Crippen molar-refractivity contribution in [2.75, 3.05) is 33.3 Å². The van der Waals surface area contributed by atoms with E-state index in [9.17, 15) is 8.42 Å². The molecular weight excluding hydrogens is 484 g/mol. The molecule has 0 aromatic heterocycles. The first kappa shape index (κ1) is 27.2. The average molecular weight is 523 g/mol. The first-order valence-corrected chi connectivity index (χ1v) is 14.4. The van der Waals surface area contributed by atoms with Crippen molar-refractivity contribution in [3.8, 4) is 11.5 Å². The lowest BCUT2D eigenvalue weighted by Gasteiger charge is -2.27. The van der Waals surface area contributed by atoms with Crippen LogP contribution in [0.2, 0.25) is 0 Å². The van der Waals surface area contributed by atoms with Crippen molar-refractivity contribution in [3.05, 3.63) is 88.5 Å². The van der Waals surface area contributed by atoms with Crippen LogP contribution in [0.1, 0.15) is 40.7 Å². The van der Waals surface area contributed by atoms with E-state index in [0.717, 1.165) is 47.5 Å². The largest absolute Gasteiger partial charge is 0.493 e. The SMILES string of the molecule is COc1ccc(CN(CCN2CCCC2)S(=O)(=O)c2c(C)cc(C)cc2C)cc1OCc1ccccc1. The second-order valence-electron chi connectivity index (χ2n) is 9.87. The summed E-state index contributed by atoms with van der Waals surface area (Å²) in [5.41, 5.74) is 4.54. The van der Waals surface area contributed by atoms with E-state index in [2.05, 4.69) is 4.90 Å². The highest BCUT2D eigenvalue weighted by Crippen LogP contribution is 2.31. The molecule has 6 nitrogen and oxygen atoms in total. The number of likely N-dealkylation sites (tertiary alicyclic amines) is 1. The van der Waals surface area contributed by atoms with Gasteiger partial charge in [-0.3, -0.25) is 0 Å². The molecule has 0 bridgehead atoms. The van der Waals surface area contributed by atoms with Crippen molar-refractivity contribution in [3.63, 3.8) is 0 Å². The Morgan fingerprint density at radius 3 is 2.19 bits per heavy atom. The maximum absolute atomic E-state index is 14.1. The number of rotatable bonds is 11. The van der Waals surface area contributed by atoms with Gasteiger partial charge in [0.05, 0.1) is 12.0 Å². The van der Waals surface area contributed by atoms with E-state index in [1.165, 1.54) is 12.8 Å². The Morgan fingerprint density at radius 2 is 1.54 bits per heavy atom. The van der Waals surface area contributed by atoms with E-state index in [1.807, 2.05) is 81.4 Å². The van der Waals surface area contributed by atoms with Gasteiger partial charge in [-0.2, -0.15) is 4.31 Å². The first-order valence-electron chi connectivity index (χ1n) is 12.9. The zero-order valence-electron chi connectivity index (χ0n) is 22.4. The van der Waals surface area contributed by atoms with Crippen molar-refractivity contribution in [2.45, 2.75) is 51.7 Å². The second kappa shape index (κ2) is 12.1. The zero-order valence-corrected chi connectivity index (χ0v) is 23.2. The lowest BCUT2D eigenvalue weighted by Crippen LogP contribution is -2.38. The number of sulfonamides is 1. The highest BCUT2D eigenvalue weighted by molar-refractivity contribution is 7.89. The number of hydrogen-bond acceptors (Lipinski definition) is 5. The van der Waals surface area contributed by atoms with Crippen LogP contribution >= 0.6 is 0 Å². The molecule has 0 saturated carbocycles. The van der Waals surface area contributed by atoms with Gasteiger partial charge in [-0.05, 0) is 81.1 Å². The van der Waals surface area contributed by atoms with Crippen molar-refractivity contribution in [1.82, 2.24) is 9.21 Å². The molecule has 1 aliphatic heterocycles. The lowest BCUT2D eigenvalue weighted by atomic mass is 10.1. The average Bonchev–Trinajstić information content (AvgIpc) is 3.39. The Labute approximate surface area is 221 Å². The van der Waals surface area contributed by atoms with Crippen molar-refractivity contribution >= 4 is 10.0 Å². The minimum atomic E-state index is -3.72. The second-order valence-corrected chi connectivity index (χ2v) is 11.7. The summed E-state index contributed by atoms with van der Waals surface area (Å²) in [6, 6.07) is 19.5. The van der Waals surface area contributed by atoms with Gasteiger partial charge in [-0.15, -0.1) is 0 Å². The quantitative estimate of drug-likeness (QED) is 0.334. The predicted molar refractivity (Wildman–Crippen MR) is 148 cm³/mol. The molecular formula is C30H38N2O4S. The Balaban J connectivity index is 1.62. The molecule has 1 fully saturated rings. The summed E-state index contributed by atoms with van der Waals surface area (Å²) in [6.07, 6.45) is 2.34. The molecule has 0 aliphatic carbocycles. The number of methoxy groups -OCH3 is 1. The molecule has 1 aliphatic rings. The van der Waals surface area contributed by atoms with Gasteiger partial charge in [-0.25, -0.2) is 8.42 Å². The molecule has 0 unspecified atom stereocenters. The molecule has 0 spiro atoms. The standard InChI is InChI=1S/C30H38N2O4S/c1-23-18-24(2)30(25(3)19-23)37(33,34)32(17-16-31-14-8-9-15-31)21-27-12-13-28(35-4)29(20-27)36-22-26-10-6-5-7-11-26/h5-7,10-13,18-20H,8-9,14-17,21-22H2,1-4H3. The molecule has 7 heteroatoms. The van der Waals surface area contributed by atoms with Crippen LogP contribution in [-0.2, 0) is 23.2 Å². The monoisotopic (exact) mass is 522 g/mol. The highest BCUT2D eigenvalue weighted by atomic mass is 32.2. The van der Waals surface area contributed by atoms with Gasteiger partial charge in [0.2, 0.25) is 10.0 Å². The smallest absolute Gasteiger partial charge is 0.243 e. The number of ether oxygens (including phenoxy) is 2. The molecule has 3 aromatic rings. The third-order valence-electron chi connectivity index (χ3n) is 6.89. The van der Waals surface area contributed by atoms with Crippen LogP contribution in [-0.4, -0.2) is 50.9 Å². The van der Waals surface area contributed by atoms with Crippen LogP contribution in [0.5, 0.6) is 11.5 Å². The molecule has 198 valence electrons. The van der Waals surface area contributed by atoms with Gasteiger partial charge in [0.1, 0.15) is 6.61 Å². The number of benzene rings is 3. The zero-order chi connectivity index (χ0) is 26.4. The van der Waals surface area contributed by atoms with E-state index >= 15 is 0 Å². The molecule has 1 saturated heterocycles. The van der Waals surface area contributed by atoms with Crippen LogP contribution in [0.4, 0.5) is 0 Å². The predicted octanol–water partition coefficient (Wildman–Crippen LogP) is 5.49. The van der Waals surface area contributed by atoms with Gasteiger partial charge in [0, 0.05) is 19.6 Å². The fourth-order valence-electron chi connectivity index (χ4n) is 5.12. The third kappa shape index (κ3) is 6.72. The van der Waals surface area contributed by atoms with E-state index in [1.54, 1.807) is 11.4 Å². The minimum Gasteiger partial charge on any atom is -0.493 e. The van der Waals surface area contributed by atoms with Gasteiger partial charge in [-0.1, -0.05) is 54.1 Å². The van der Waals surface area contributed by atoms with Gasteiger partial charge in [0.25, 0.3) is 0 Å². The van der Waals surface area contributed by atoms with E-state index in [-0.39, 0.29) is 6.54 Å². The summed E-state index contributed by atoms with van der Waals surface area (Å²) >= 11 is 0. The van der Waals surface area contributed by atoms with Crippen LogP contribution in [0, 0.1) is 20.8 Å². The molecule has 0 N–H and O–H groups in total. The lowest BCUT2D eigenvalue weighted by molar-refractivity contribution is 0.281. The number of nitrogens with zero attached hydrogens (tertiary/aromatic N) is 2. The summed E-state index contributed by atoms with van der Waals surface area (Å²) < 4.78 is 41.4. The number of aryl methyl sites for hydroxylation is 3. The van der Waals surface area contributed by atoms with Crippen molar-refractivity contribution < 1.29 is 17.9 Å². The maximum Gasteiger partial charge on any atom is 0.243 e. The maximum atomic E-state index is 14.1. The van der Waals surface area contributed by atoms with Crippen LogP contribution in [0.3, 0.4) is 0 Å². The summed E-state index contributed by atoms with van der Waals surface area (Å²) in [4.78, 5) is 2.76. The van der Waals surface area contributed by atoms with Crippen molar-refractivity contribution in [2.24, 2.45) is 0 Å². The highest BCUT2D eigenvalue weighted by Gasteiger charge is 2.29.